The lowest BCUT2D eigenvalue weighted by Gasteiger charge is -2.06. The Hall–Kier alpha value is -2.90. The van der Waals surface area contributed by atoms with Gasteiger partial charge in [0.15, 0.2) is 5.65 Å². The Morgan fingerprint density at radius 1 is 1.07 bits per heavy atom. The van der Waals surface area contributed by atoms with Gasteiger partial charge in [0.2, 0.25) is 5.91 Å². The van der Waals surface area contributed by atoms with Gasteiger partial charge in [0, 0.05) is 11.6 Å². The Bertz CT molecular complexity index is 1100. The number of carbonyl (C=O) groups is 1. The number of rotatable bonds is 6. The summed E-state index contributed by atoms with van der Waals surface area (Å²) in [7, 11) is 0. The maximum atomic E-state index is 12.2. The smallest absolute Gasteiger partial charge is 0.230 e. The van der Waals surface area contributed by atoms with Gasteiger partial charge < -0.3 is 5.32 Å². The molecule has 0 saturated heterocycles. The van der Waals surface area contributed by atoms with Gasteiger partial charge >= 0.3 is 0 Å². The van der Waals surface area contributed by atoms with Crippen LogP contribution in [0, 0.1) is 0 Å². The topological polar surface area (TPSA) is 72.7 Å². The van der Waals surface area contributed by atoms with E-state index in [1.54, 1.807) is 23.0 Å². The van der Waals surface area contributed by atoms with Crippen molar-refractivity contribution < 1.29 is 4.79 Å². The number of amides is 1. The Morgan fingerprint density at radius 3 is 2.64 bits per heavy atom. The normalized spacial score (nSPS) is 10.9. The molecule has 4 aromatic rings. The van der Waals surface area contributed by atoms with Crippen LogP contribution in [0.25, 0.3) is 16.7 Å². The lowest BCUT2D eigenvalue weighted by atomic mass is 10.2. The van der Waals surface area contributed by atoms with E-state index in [-0.39, 0.29) is 11.7 Å². The highest BCUT2D eigenvalue weighted by Gasteiger charge is 2.13. The number of thioether (sulfide) groups is 1. The van der Waals surface area contributed by atoms with Gasteiger partial charge in [-0.15, -0.1) is 0 Å². The third kappa shape index (κ3) is 4.16. The zero-order chi connectivity index (χ0) is 19.3. The largest absolute Gasteiger partial charge is 0.351 e. The highest BCUT2D eigenvalue weighted by atomic mass is 35.5. The number of benzene rings is 2. The number of para-hydroxylation sites is 1. The summed E-state index contributed by atoms with van der Waals surface area (Å²) >= 11 is 7.24. The van der Waals surface area contributed by atoms with Gasteiger partial charge in [-0.25, -0.2) is 14.6 Å². The van der Waals surface area contributed by atoms with Crippen LogP contribution >= 0.6 is 23.4 Å². The van der Waals surface area contributed by atoms with Crippen molar-refractivity contribution in [2.45, 2.75) is 11.6 Å². The molecule has 2 aromatic heterocycles. The molecule has 1 amide bonds. The van der Waals surface area contributed by atoms with Crippen LogP contribution in [0.5, 0.6) is 0 Å². The number of hydrogen-bond donors (Lipinski definition) is 1. The molecule has 0 fully saturated rings. The minimum atomic E-state index is -0.0674. The zero-order valence-electron chi connectivity index (χ0n) is 14.7. The number of fused-ring (bicyclic) bond motifs is 1. The molecule has 0 saturated carbocycles. The van der Waals surface area contributed by atoms with Crippen LogP contribution < -0.4 is 5.32 Å². The minimum absolute atomic E-state index is 0.0674. The fourth-order valence-electron chi connectivity index (χ4n) is 2.68. The van der Waals surface area contributed by atoms with E-state index in [2.05, 4.69) is 20.4 Å². The molecule has 0 unspecified atom stereocenters. The van der Waals surface area contributed by atoms with Crippen molar-refractivity contribution in [3.05, 3.63) is 77.7 Å². The van der Waals surface area contributed by atoms with E-state index < -0.39 is 0 Å². The SMILES string of the molecule is O=C(CSc1ncnc2c1cnn2-c1ccccc1)NCc1ccc(Cl)cc1. The predicted molar refractivity (Wildman–Crippen MR) is 111 cm³/mol. The maximum absolute atomic E-state index is 12.2. The number of nitrogens with zero attached hydrogens (tertiary/aromatic N) is 4. The molecule has 0 aliphatic heterocycles. The second-order valence-corrected chi connectivity index (χ2v) is 7.40. The van der Waals surface area contributed by atoms with Crippen LogP contribution in [0.4, 0.5) is 0 Å². The number of aromatic nitrogens is 4. The molecule has 2 heterocycles. The van der Waals surface area contributed by atoms with E-state index in [0.717, 1.165) is 21.7 Å². The minimum Gasteiger partial charge on any atom is -0.351 e. The molecule has 0 atom stereocenters. The van der Waals surface area contributed by atoms with Crippen LogP contribution in [0.1, 0.15) is 5.56 Å². The van der Waals surface area contributed by atoms with Gasteiger partial charge in [0.1, 0.15) is 11.4 Å². The van der Waals surface area contributed by atoms with E-state index in [0.29, 0.717) is 17.2 Å². The second-order valence-electron chi connectivity index (χ2n) is 6.00. The van der Waals surface area contributed by atoms with Gasteiger partial charge in [0.05, 0.1) is 23.0 Å². The van der Waals surface area contributed by atoms with Crippen molar-refractivity contribution in [1.82, 2.24) is 25.1 Å². The summed E-state index contributed by atoms with van der Waals surface area (Å²) in [6, 6.07) is 17.2. The summed E-state index contributed by atoms with van der Waals surface area (Å²) in [5.74, 6) is 0.193. The molecule has 28 heavy (non-hydrogen) atoms. The molecule has 1 N–H and O–H groups in total. The van der Waals surface area contributed by atoms with Gasteiger partial charge in [0.25, 0.3) is 0 Å². The standard InChI is InChI=1S/C20H16ClN5OS/c21-15-8-6-14(7-9-15)10-22-18(27)12-28-20-17-11-25-26(19(17)23-13-24-20)16-4-2-1-3-5-16/h1-9,11,13H,10,12H2,(H,22,27). The molecule has 140 valence electrons. The lowest BCUT2D eigenvalue weighted by molar-refractivity contribution is -0.118. The second kappa shape index (κ2) is 8.41. The van der Waals surface area contributed by atoms with Gasteiger partial charge in [-0.05, 0) is 29.8 Å². The highest BCUT2D eigenvalue weighted by molar-refractivity contribution is 8.00. The number of halogens is 1. The summed E-state index contributed by atoms with van der Waals surface area (Å²) in [6.07, 6.45) is 3.23. The lowest BCUT2D eigenvalue weighted by Crippen LogP contribution is -2.24. The Balaban J connectivity index is 1.43. The van der Waals surface area contributed by atoms with E-state index in [4.69, 9.17) is 11.6 Å². The van der Waals surface area contributed by atoms with Crippen LogP contribution in [-0.2, 0) is 11.3 Å². The first-order chi connectivity index (χ1) is 13.7. The summed E-state index contributed by atoms with van der Waals surface area (Å²) in [5.41, 5.74) is 2.63. The van der Waals surface area contributed by atoms with E-state index >= 15 is 0 Å². The van der Waals surface area contributed by atoms with Gasteiger partial charge in [-0.1, -0.05) is 53.7 Å². The third-order valence-electron chi connectivity index (χ3n) is 4.07. The molecule has 0 bridgehead atoms. The van der Waals surface area contributed by atoms with Crippen molar-refractivity contribution in [3.63, 3.8) is 0 Å². The van der Waals surface area contributed by atoms with Crippen LogP contribution in [0.15, 0.2) is 72.1 Å². The molecule has 0 radical (unpaired) electrons. The van der Waals surface area contributed by atoms with Crippen LogP contribution in [0.2, 0.25) is 5.02 Å². The molecule has 4 rings (SSSR count). The van der Waals surface area contributed by atoms with Crippen molar-refractivity contribution in [3.8, 4) is 5.69 Å². The van der Waals surface area contributed by atoms with Crippen molar-refractivity contribution in [2.75, 3.05) is 5.75 Å². The molecule has 0 aliphatic carbocycles. The van der Waals surface area contributed by atoms with Gasteiger partial charge in [-0.2, -0.15) is 5.10 Å². The van der Waals surface area contributed by atoms with Crippen molar-refractivity contribution in [1.29, 1.82) is 0 Å². The molecule has 8 heteroatoms. The average Bonchev–Trinajstić information content (AvgIpc) is 3.17. The summed E-state index contributed by atoms with van der Waals surface area (Å²) in [5, 5.41) is 9.55. The molecule has 0 aliphatic rings. The Morgan fingerprint density at radius 2 is 1.86 bits per heavy atom. The first kappa shape index (κ1) is 18.5. The molecule has 2 aromatic carbocycles. The quantitative estimate of drug-likeness (QED) is 0.386. The molecular weight excluding hydrogens is 394 g/mol. The van der Waals surface area contributed by atoms with Crippen molar-refractivity contribution in [2.24, 2.45) is 0 Å². The third-order valence-corrected chi connectivity index (χ3v) is 5.33. The fraction of sp³-hybridized carbons (Fsp3) is 0.100. The van der Waals surface area contributed by atoms with Crippen molar-refractivity contribution >= 4 is 40.3 Å². The monoisotopic (exact) mass is 409 g/mol. The maximum Gasteiger partial charge on any atom is 0.230 e. The predicted octanol–water partition coefficient (Wildman–Crippen LogP) is 3.88. The Labute approximate surface area is 171 Å². The first-order valence-corrected chi connectivity index (χ1v) is 9.95. The Kier molecular flexibility index (Phi) is 5.55. The first-order valence-electron chi connectivity index (χ1n) is 8.59. The van der Waals surface area contributed by atoms with E-state index in [9.17, 15) is 4.79 Å². The van der Waals surface area contributed by atoms with Crippen LogP contribution in [0.3, 0.4) is 0 Å². The highest BCUT2D eigenvalue weighted by Crippen LogP contribution is 2.25. The van der Waals surface area contributed by atoms with Gasteiger partial charge in [-0.3, -0.25) is 4.79 Å². The average molecular weight is 410 g/mol. The van der Waals surface area contributed by atoms with E-state index in [1.165, 1.54) is 18.1 Å². The molecule has 6 nitrogen and oxygen atoms in total. The van der Waals surface area contributed by atoms with E-state index in [1.807, 2.05) is 42.5 Å². The number of hydrogen-bond acceptors (Lipinski definition) is 5. The summed E-state index contributed by atoms with van der Waals surface area (Å²) in [6.45, 7) is 0.460. The van der Waals surface area contributed by atoms with Crippen LogP contribution in [-0.4, -0.2) is 31.4 Å². The molecular formula is C20H16ClN5OS. The summed E-state index contributed by atoms with van der Waals surface area (Å²) < 4.78 is 1.77. The zero-order valence-corrected chi connectivity index (χ0v) is 16.3. The number of carbonyl (C=O) groups excluding carboxylic acids is 1. The molecule has 0 spiro atoms. The number of nitrogens with one attached hydrogen (secondary N) is 1. The fourth-order valence-corrected chi connectivity index (χ4v) is 3.60. The summed E-state index contributed by atoms with van der Waals surface area (Å²) in [4.78, 5) is 20.9.